The summed E-state index contributed by atoms with van der Waals surface area (Å²) in [4.78, 5) is 10.5. The van der Waals surface area contributed by atoms with Crippen LogP contribution >= 0.6 is 46.9 Å². The average molecular weight is 499 g/mol. The molecule has 2 N–H and O–H groups in total. The molecule has 25 heavy (non-hydrogen) atoms. The molecule has 142 valence electrons. The first-order valence-electron chi connectivity index (χ1n) is 8.88. The summed E-state index contributed by atoms with van der Waals surface area (Å²) in [7, 11) is 0. The standard InChI is InChI=1S/C17H27ClN4OS.HI/c1-2-19-17(20-11-14(23)15-5-6-16(18)24-15)22-10-7-13(12-22)21-8-3-4-9-21;/h5-6,13-14,23H,2-4,7-12H2,1H3,(H,19,20);1H. The van der Waals surface area contributed by atoms with E-state index in [1.54, 1.807) is 0 Å². The lowest BCUT2D eigenvalue weighted by Gasteiger charge is -2.25. The second-order valence-electron chi connectivity index (χ2n) is 6.48. The smallest absolute Gasteiger partial charge is 0.194 e. The largest absolute Gasteiger partial charge is 0.386 e. The fourth-order valence-corrected chi connectivity index (χ4v) is 4.57. The van der Waals surface area contributed by atoms with E-state index in [1.165, 1.54) is 43.7 Å². The van der Waals surface area contributed by atoms with Gasteiger partial charge in [-0.15, -0.1) is 35.3 Å². The summed E-state index contributed by atoms with van der Waals surface area (Å²) in [5.74, 6) is 0.918. The minimum atomic E-state index is -0.590. The van der Waals surface area contributed by atoms with E-state index < -0.39 is 6.10 Å². The monoisotopic (exact) mass is 498 g/mol. The Labute approximate surface area is 176 Å². The van der Waals surface area contributed by atoms with E-state index in [4.69, 9.17) is 11.6 Å². The SMILES string of the molecule is CCNC(=NCC(O)c1ccc(Cl)s1)N1CCC(N2CCCC2)C1.I. The van der Waals surface area contributed by atoms with Gasteiger partial charge in [-0.05, 0) is 51.4 Å². The number of aliphatic imine (C=N–C) groups is 1. The molecule has 1 aromatic heterocycles. The summed E-state index contributed by atoms with van der Waals surface area (Å²) in [6.45, 7) is 7.84. The normalized spacial score (nSPS) is 22.9. The van der Waals surface area contributed by atoms with Crippen molar-refractivity contribution in [2.75, 3.05) is 39.3 Å². The molecule has 2 aliphatic rings. The molecule has 2 fully saturated rings. The number of nitrogens with one attached hydrogen (secondary N) is 1. The Hall–Kier alpha value is -0.0900. The van der Waals surface area contributed by atoms with Gasteiger partial charge in [0, 0.05) is 30.6 Å². The molecule has 1 aromatic rings. The molecule has 0 bridgehead atoms. The summed E-state index contributed by atoms with van der Waals surface area (Å²) >= 11 is 7.36. The molecule has 0 radical (unpaired) electrons. The van der Waals surface area contributed by atoms with Crippen LogP contribution < -0.4 is 5.32 Å². The van der Waals surface area contributed by atoms with Gasteiger partial charge in [-0.1, -0.05) is 11.6 Å². The van der Waals surface area contributed by atoms with Crippen molar-refractivity contribution in [3.8, 4) is 0 Å². The van der Waals surface area contributed by atoms with Gasteiger partial charge in [0.15, 0.2) is 5.96 Å². The highest BCUT2D eigenvalue weighted by Crippen LogP contribution is 2.27. The number of likely N-dealkylation sites (tertiary alicyclic amines) is 2. The number of guanidine groups is 1. The van der Waals surface area contributed by atoms with Gasteiger partial charge in [0.25, 0.3) is 0 Å². The molecule has 0 aromatic carbocycles. The van der Waals surface area contributed by atoms with Gasteiger partial charge < -0.3 is 15.3 Å². The summed E-state index contributed by atoms with van der Waals surface area (Å²) < 4.78 is 0.702. The number of aliphatic hydroxyl groups excluding tert-OH is 1. The Bertz CT molecular complexity index is 565. The fraction of sp³-hybridized carbons (Fsp3) is 0.706. The Kier molecular flexibility index (Phi) is 8.74. The molecule has 2 saturated heterocycles. The number of nitrogens with zero attached hydrogens (tertiary/aromatic N) is 3. The van der Waals surface area contributed by atoms with Crippen molar-refractivity contribution in [1.29, 1.82) is 0 Å². The van der Waals surface area contributed by atoms with Crippen LogP contribution in [0, 0.1) is 0 Å². The zero-order valence-electron chi connectivity index (χ0n) is 14.7. The highest BCUT2D eigenvalue weighted by atomic mass is 127. The summed E-state index contributed by atoms with van der Waals surface area (Å²) in [6.07, 6.45) is 3.28. The zero-order chi connectivity index (χ0) is 16.9. The lowest BCUT2D eigenvalue weighted by molar-refractivity contribution is 0.190. The molecule has 0 amide bonds. The van der Waals surface area contributed by atoms with Crippen molar-refractivity contribution in [2.24, 2.45) is 4.99 Å². The predicted octanol–water partition coefficient (Wildman–Crippen LogP) is 3.19. The maximum Gasteiger partial charge on any atom is 0.194 e. The fourth-order valence-electron chi connectivity index (χ4n) is 3.54. The maximum absolute atomic E-state index is 10.3. The van der Waals surface area contributed by atoms with E-state index in [1.807, 2.05) is 12.1 Å². The van der Waals surface area contributed by atoms with Crippen molar-refractivity contribution >= 4 is 52.9 Å². The Morgan fingerprint density at radius 1 is 1.40 bits per heavy atom. The van der Waals surface area contributed by atoms with Crippen LogP contribution in [0.3, 0.4) is 0 Å². The van der Waals surface area contributed by atoms with Gasteiger partial charge in [-0.2, -0.15) is 0 Å². The van der Waals surface area contributed by atoms with E-state index in [0.29, 0.717) is 16.9 Å². The molecule has 2 atom stereocenters. The molecule has 3 heterocycles. The Morgan fingerprint density at radius 3 is 2.80 bits per heavy atom. The minimum Gasteiger partial charge on any atom is -0.386 e. The van der Waals surface area contributed by atoms with Crippen molar-refractivity contribution < 1.29 is 5.11 Å². The maximum atomic E-state index is 10.3. The first-order chi connectivity index (χ1) is 11.7. The number of rotatable bonds is 5. The first kappa shape index (κ1) is 21.2. The van der Waals surface area contributed by atoms with E-state index in [-0.39, 0.29) is 24.0 Å². The molecule has 0 saturated carbocycles. The second-order valence-corrected chi connectivity index (χ2v) is 8.23. The average Bonchev–Trinajstić information content (AvgIpc) is 3.30. The molecule has 3 rings (SSSR count). The highest BCUT2D eigenvalue weighted by molar-refractivity contribution is 14.0. The topological polar surface area (TPSA) is 51.1 Å². The lowest BCUT2D eigenvalue weighted by Crippen LogP contribution is -2.42. The summed E-state index contributed by atoms with van der Waals surface area (Å²) in [5.41, 5.74) is 0. The zero-order valence-corrected chi connectivity index (χ0v) is 18.6. The van der Waals surface area contributed by atoms with E-state index in [0.717, 1.165) is 30.5 Å². The Morgan fingerprint density at radius 2 is 2.16 bits per heavy atom. The molecular formula is C17H28ClIN4OS. The van der Waals surface area contributed by atoms with Crippen molar-refractivity contribution in [3.63, 3.8) is 0 Å². The quantitative estimate of drug-likeness (QED) is 0.372. The van der Waals surface area contributed by atoms with E-state index >= 15 is 0 Å². The molecule has 0 spiro atoms. The van der Waals surface area contributed by atoms with Crippen LogP contribution in [-0.2, 0) is 0 Å². The van der Waals surface area contributed by atoms with Crippen LogP contribution in [0.15, 0.2) is 17.1 Å². The van der Waals surface area contributed by atoms with Gasteiger partial charge in [0.2, 0.25) is 0 Å². The number of aliphatic hydroxyl groups is 1. The minimum absolute atomic E-state index is 0. The van der Waals surface area contributed by atoms with Crippen LogP contribution in [0.4, 0.5) is 0 Å². The van der Waals surface area contributed by atoms with Crippen LogP contribution in [0.2, 0.25) is 4.34 Å². The second kappa shape index (κ2) is 10.3. The van der Waals surface area contributed by atoms with Gasteiger partial charge in [0.05, 0.1) is 10.9 Å². The van der Waals surface area contributed by atoms with Crippen molar-refractivity contribution in [3.05, 3.63) is 21.3 Å². The van der Waals surface area contributed by atoms with Crippen molar-refractivity contribution in [2.45, 2.75) is 38.3 Å². The molecular weight excluding hydrogens is 471 g/mol. The summed E-state index contributed by atoms with van der Waals surface area (Å²) in [5, 5.41) is 13.7. The number of hydrogen-bond acceptors (Lipinski definition) is 4. The van der Waals surface area contributed by atoms with Gasteiger partial charge in [-0.25, -0.2) is 0 Å². The van der Waals surface area contributed by atoms with Crippen LogP contribution in [0.25, 0.3) is 0 Å². The first-order valence-corrected chi connectivity index (χ1v) is 10.1. The Balaban J connectivity index is 0.00000225. The van der Waals surface area contributed by atoms with Crippen LogP contribution in [0.1, 0.15) is 37.2 Å². The highest BCUT2D eigenvalue weighted by Gasteiger charge is 2.30. The number of thiophene rings is 1. The third kappa shape index (κ3) is 5.69. The molecule has 5 nitrogen and oxygen atoms in total. The van der Waals surface area contributed by atoms with Gasteiger partial charge in [-0.3, -0.25) is 9.89 Å². The molecule has 8 heteroatoms. The van der Waals surface area contributed by atoms with Gasteiger partial charge >= 0.3 is 0 Å². The third-order valence-electron chi connectivity index (χ3n) is 4.79. The van der Waals surface area contributed by atoms with Crippen LogP contribution in [0.5, 0.6) is 0 Å². The van der Waals surface area contributed by atoms with Crippen molar-refractivity contribution in [1.82, 2.24) is 15.1 Å². The summed E-state index contributed by atoms with van der Waals surface area (Å²) in [6, 6.07) is 4.34. The lowest BCUT2D eigenvalue weighted by atomic mass is 10.2. The molecule has 2 aliphatic heterocycles. The number of hydrogen-bond donors (Lipinski definition) is 2. The third-order valence-corrected chi connectivity index (χ3v) is 6.12. The van der Waals surface area contributed by atoms with Gasteiger partial charge in [0.1, 0.15) is 6.10 Å². The van der Waals surface area contributed by atoms with Crippen LogP contribution in [-0.4, -0.2) is 66.2 Å². The number of halogens is 2. The van der Waals surface area contributed by atoms with E-state index in [2.05, 4.69) is 27.0 Å². The molecule has 0 aliphatic carbocycles. The predicted molar refractivity (Wildman–Crippen MR) is 116 cm³/mol. The molecule has 2 unspecified atom stereocenters. The van der Waals surface area contributed by atoms with E-state index in [9.17, 15) is 5.11 Å².